The molecule has 3 nitrogen and oxygen atoms in total. The Morgan fingerprint density at radius 2 is 2.16 bits per heavy atom. The van der Waals surface area contributed by atoms with Crippen LogP contribution in [-0.4, -0.2) is 29.9 Å². The standard InChI is InChI=1S/C15H22N2OS/c16-12-6-9-17(11-12)14(18)15(7-2-1-3-8-15)13-5-4-10-19-13/h4-5,10,12H,1-3,6-9,11,16H2/t12-/m1/s1. The summed E-state index contributed by atoms with van der Waals surface area (Å²) in [7, 11) is 0. The first-order chi connectivity index (χ1) is 9.22. The summed E-state index contributed by atoms with van der Waals surface area (Å²) in [6.07, 6.45) is 6.58. The molecule has 19 heavy (non-hydrogen) atoms. The van der Waals surface area contributed by atoms with Gasteiger partial charge in [0.1, 0.15) is 0 Å². The fourth-order valence-corrected chi connectivity index (χ4v) is 4.52. The number of hydrogen-bond acceptors (Lipinski definition) is 3. The minimum absolute atomic E-state index is 0.174. The zero-order valence-electron chi connectivity index (χ0n) is 11.3. The van der Waals surface area contributed by atoms with Gasteiger partial charge in [-0.3, -0.25) is 4.79 Å². The van der Waals surface area contributed by atoms with Crippen molar-refractivity contribution in [3.8, 4) is 0 Å². The Hall–Kier alpha value is -0.870. The highest BCUT2D eigenvalue weighted by atomic mass is 32.1. The van der Waals surface area contributed by atoms with Crippen molar-refractivity contribution < 1.29 is 4.79 Å². The molecule has 2 N–H and O–H groups in total. The molecule has 104 valence electrons. The summed E-state index contributed by atoms with van der Waals surface area (Å²) in [6.45, 7) is 1.58. The van der Waals surface area contributed by atoms with E-state index < -0.39 is 0 Å². The lowest BCUT2D eigenvalue weighted by atomic mass is 9.72. The number of carbonyl (C=O) groups is 1. The Morgan fingerprint density at radius 1 is 1.37 bits per heavy atom. The highest BCUT2D eigenvalue weighted by Gasteiger charge is 2.45. The number of rotatable bonds is 2. The summed E-state index contributed by atoms with van der Waals surface area (Å²) in [4.78, 5) is 16.3. The van der Waals surface area contributed by atoms with E-state index in [-0.39, 0.29) is 11.5 Å². The number of nitrogens with two attached hydrogens (primary N) is 1. The maximum atomic E-state index is 13.0. The summed E-state index contributed by atoms with van der Waals surface area (Å²) in [6, 6.07) is 4.39. The van der Waals surface area contributed by atoms with Crippen LogP contribution in [0.2, 0.25) is 0 Å². The zero-order chi connectivity index (χ0) is 13.3. The van der Waals surface area contributed by atoms with E-state index >= 15 is 0 Å². The van der Waals surface area contributed by atoms with Gasteiger partial charge in [0.25, 0.3) is 0 Å². The fourth-order valence-electron chi connectivity index (χ4n) is 3.55. The van der Waals surface area contributed by atoms with Gasteiger partial charge < -0.3 is 10.6 Å². The summed E-state index contributed by atoms with van der Waals surface area (Å²) in [5.41, 5.74) is 5.72. The first-order valence-corrected chi connectivity index (χ1v) is 8.19. The van der Waals surface area contributed by atoms with Crippen LogP contribution >= 0.6 is 11.3 Å². The third-order valence-electron chi connectivity index (χ3n) is 4.62. The molecule has 2 heterocycles. The predicted molar refractivity (Wildman–Crippen MR) is 78.3 cm³/mol. The van der Waals surface area contributed by atoms with Crippen LogP contribution in [0, 0.1) is 0 Å². The van der Waals surface area contributed by atoms with Crippen LogP contribution in [0.4, 0.5) is 0 Å². The molecule has 4 heteroatoms. The van der Waals surface area contributed by atoms with Gasteiger partial charge in [-0.15, -0.1) is 11.3 Å². The second-order valence-corrected chi connectivity index (χ2v) is 6.87. The Balaban J connectivity index is 1.89. The van der Waals surface area contributed by atoms with Crippen molar-refractivity contribution in [1.29, 1.82) is 0 Å². The molecule has 1 amide bonds. The van der Waals surface area contributed by atoms with Gasteiger partial charge in [-0.1, -0.05) is 25.3 Å². The van der Waals surface area contributed by atoms with Gasteiger partial charge >= 0.3 is 0 Å². The smallest absolute Gasteiger partial charge is 0.234 e. The molecular weight excluding hydrogens is 256 g/mol. The van der Waals surface area contributed by atoms with Gasteiger partial charge in [-0.25, -0.2) is 0 Å². The summed E-state index contributed by atoms with van der Waals surface area (Å²) in [5.74, 6) is 0.336. The van der Waals surface area contributed by atoms with Crippen molar-refractivity contribution in [1.82, 2.24) is 4.90 Å². The van der Waals surface area contributed by atoms with Gasteiger partial charge in [0, 0.05) is 24.0 Å². The molecule has 0 aromatic carbocycles. The lowest BCUT2D eigenvalue weighted by molar-refractivity contribution is -0.137. The van der Waals surface area contributed by atoms with E-state index in [0.717, 1.165) is 32.4 Å². The largest absolute Gasteiger partial charge is 0.340 e. The van der Waals surface area contributed by atoms with Crippen LogP contribution < -0.4 is 5.73 Å². The van der Waals surface area contributed by atoms with Crippen LogP contribution in [0.25, 0.3) is 0 Å². The molecule has 1 saturated carbocycles. The number of amides is 1. The second-order valence-electron chi connectivity index (χ2n) is 5.92. The molecule has 1 atom stereocenters. The first kappa shape index (κ1) is 13.1. The van der Waals surface area contributed by atoms with E-state index in [2.05, 4.69) is 17.5 Å². The van der Waals surface area contributed by atoms with E-state index in [1.54, 1.807) is 11.3 Å². The molecule has 0 bridgehead atoms. The Labute approximate surface area is 118 Å². The highest BCUT2D eigenvalue weighted by molar-refractivity contribution is 7.10. The number of hydrogen-bond donors (Lipinski definition) is 1. The van der Waals surface area contributed by atoms with Crippen LogP contribution in [0.15, 0.2) is 17.5 Å². The van der Waals surface area contributed by atoms with Crippen molar-refractivity contribution in [2.24, 2.45) is 5.73 Å². The minimum atomic E-state index is -0.240. The molecule has 3 rings (SSSR count). The van der Waals surface area contributed by atoms with Crippen molar-refractivity contribution in [3.05, 3.63) is 22.4 Å². The average Bonchev–Trinajstić information content (AvgIpc) is 3.10. The predicted octanol–water partition coefficient (Wildman–Crippen LogP) is 2.51. The molecule has 2 fully saturated rings. The van der Waals surface area contributed by atoms with E-state index in [9.17, 15) is 4.79 Å². The molecule has 0 spiro atoms. The molecule has 2 aliphatic rings. The minimum Gasteiger partial charge on any atom is -0.340 e. The quantitative estimate of drug-likeness (QED) is 0.903. The van der Waals surface area contributed by atoms with Crippen molar-refractivity contribution >= 4 is 17.2 Å². The monoisotopic (exact) mass is 278 g/mol. The van der Waals surface area contributed by atoms with E-state index in [1.165, 1.54) is 24.1 Å². The fraction of sp³-hybridized carbons (Fsp3) is 0.667. The molecule has 1 saturated heterocycles. The molecule has 0 radical (unpaired) electrons. The normalized spacial score (nSPS) is 26.6. The average molecular weight is 278 g/mol. The topological polar surface area (TPSA) is 46.3 Å². The SMILES string of the molecule is N[C@@H]1CCN(C(=O)C2(c3cccs3)CCCCC2)C1. The molecule has 1 aliphatic carbocycles. The van der Waals surface area contributed by atoms with Gasteiger partial charge in [0.05, 0.1) is 5.41 Å². The lowest BCUT2D eigenvalue weighted by Crippen LogP contribution is -2.47. The first-order valence-electron chi connectivity index (χ1n) is 7.31. The summed E-state index contributed by atoms with van der Waals surface area (Å²) >= 11 is 1.74. The maximum absolute atomic E-state index is 13.0. The van der Waals surface area contributed by atoms with Gasteiger partial charge in [-0.05, 0) is 30.7 Å². The molecule has 0 unspecified atom stereocenters. The molecule has 1 aromatic rings. The molecule has 1 aromatic heterocycles. The van der Waals surface area contributed by atoms with Crippen LogP contribution in [0.3, 0.4) is 0 Å². The molecule has 1 aliphatic heterocycles. The van der Waals surface area contributed by atoms with Crippen molar-refractivity contribution in [2.75, 3.05) is 13.1 Å². The Kier molecular flexibility index (Phi) is 3.63. The summed E-state index contributed by atoms with van der Waals surface area (Å²) in [5, 5.41) is 2.09. The van der Waals surface area contributed by atoms with E-state index in [4.69, 9.17) is 5.73 Å². The third kappa shape index (κ3) is 2.32. The third-order valence-corrected chi connectivity index (χ3v) is 5.70. The van der Waals surface area contributed by atoms with Crippen molar-refractivity contribution in [3.63, 3.8) is 0 Å². The number of likely N-dealkylation sites (tertiary alicyclic amines) is 1. The number of nitrogens with zero attached hydrogens (tertiary/aromatic N) is 1. The van der Waals surface area contributed by atoms with E-state index in [1.807, 2.05) is 4.90 Å². The second kappa shape index (κ2) is 5.25. The molecular formula is C15H22N2OS. The van der Waals surface area contributed by atoms with Gasteiger partial charge in [0.15, 0.2) is 0 Å². The summed E-state index contributed by atoms with van der Waals surface area (Å²) < 4.78 is 0. The van der Waals surface area contributed by atoms with E-state index in [0.29, 0.717) is 5.91 Å². The zero-order valence-corrected chi connectivity index (χ0v) is 12.1. The lowest BCUT2D eigenvalue weighted by Gasteiger charge is -2.38. The van der Waals surface area contributed by atoms with Crippen LogP contribution in [-0.2, 0) is 10.2 Å². The maximum Gasteiger partial charge on any atom is 0.234 e. The Morgan fingerprint density at radius 3 is 2.74 bits per heavy atom. The van der Waals surface area contributed by atoms with Gasteiger partial charge in [-0.2, -0.15) is 0 Å². The number of carbonyl (C=O) groups excluding carboxylic acids is 1. The Bertz CT molecular complexity index is 437. The van der Waals surface area contributed by atoms with Crippen molar-refractivity contribution in [2.45, 2.75) is 50.0 Å². The van der Waals surface area contributed by atoms with Crippen LogP contribution in [0.1, 0.15) is 43.4 Å². The van der Waals surface area contributed by atoms with Crippen LogP contribution in [0.5, 0.6) is 0 Å². The highest BCUT2D eigenvalue weighted by Crippen LogP contribution is 2.43. The van der Waals surface area contributed by atoms with Gasteiger partial charge in [0.2, 0.25) is 5.91 Å². The number of thiophene rings is 1.